The quantitative estimate of drug-likeness (QED) is 0.753. The Hall–Kier alpha value is -2.37. The number of nitrogens with one attached hydrogen (secondary N) is 3. The topological polar surface area (TPSA) is 70.2 Å². The Bertz CT molecular complexity index is 699. The van der Waals surface area contributed by atoms with Crippen molar-refractivity contribution in [3.63, 3.8) is 0 Å². The molecule has 0 saturated carbocycles. The Morgan fingerprint density at radius 2 is 1.67 bits per heavy atom. The highest BCUT2D eigenvalue weighted by atomic mass is 35.5. The summed E-state index contributed by atoms with van der Waals surface area (Å²) in [6.45, 7) is 2.16. The van der Waals surface area contributed by atoms with Crippen molar-refractivity contribution in [1.29, 1.82) is 0 Å². The van der Waals surface area contributed by atoms with E-state index in [0.717, 1.165) is 5.56 Å². The van der Waals surface area contributed by atoms with Crippen LogP contribution in [0.4, 0.5) is 5.69 Å². The molecule has 5 nitrogen and oxygen atoms in total. The first-order valence-electron chi connectivity index (χ1n) is 7.60. The number of hydrogen-bond donors (Lipinski definition) is 3. The molecule has 2 aromatic rings. The fourth-order valence-electron chi connectivity index (χ4n) is 2.17. The summed E-state index contributed by atoms with van der Waals surface area (Å²) in [6, 6.07) is 14.3. The average Bonchev–Trinajstić information content (AvgIpc) is 2.60. The van der Waals surface area contributed by atoms with Crippen molar-refractivity contribution in [3.8, 4) is 0 Å². The van der Waals surface area contributed by atoms with Gasteiger partial charge in [0.15, 0.2) is 0 Å². The van der Waals surface area contributed by atoms with Gasteiger partial charge in [-0.3, -0.25) is 9.59 Å². The number of anilines is 1. The minimum Gasteiger partial charge on any atom is -0.355 e. The first kappa shape index (κ1) is 18.0. The first-order chi connectivity index (χ1) is 11.5. The van der Waals surface area contributed by atoms with Gasteiger partial charge in [0, 0.05) is 29.4 Å². The van der Waals surface area contributed by atoms with E-state index in [4.69, 9.17) is 11.6 Å². The molecule has 0 bridgehead atoms. The van der Waals surface area contributed by atoms with E-state index >= 15 is 0 Å². The van der Waals surface area contributed by atoms with Crippen LogP contribution < -0.4 is 16.0 Å². The Kier molecular flexibility index (Phi) is 6.35. The molecule has 0 unspecified atom stereocenters. The largest absolute Gasteiger partial charge is 0.355 e. The zero-order chi connectivity index (χ0) is 17.5. The molecule has 0 radical (unpaired) electrons. The summed E-state index contributed by atoms with van der Waals surface area (Å²) in [5.41, 5.74) is 2.25. The molecular weight excluding hydrogens is 326 g/mol. The lowest BCUT2D eigenvalue weighted by Crippen LogP contribution is -2.30. The maximum absolute atomic E-state index is 12.0. The number of carbonyl (C=O) groups excluding carboxylic acids is 2. The molecule has 1 atom stereocenters. The first-order valence-corrected chi connectivity index (χ1v) is 7.98. The van der Waals surface area contributed by atoms with Gasteiger partial charge in [-0.15, -0.1) is 0 Å². The maximum Gasteiger partial charge on any atom is 0.251 e. The molecule has 0 fully saturated rings. The normalized spacial score (nSPS) is 11.6. The molecule has 6 heteroatoms. The highest BCUT2D eigenvalue weighted by Gasteiger charge is 2.09. The molecule has 0 aliphatic heterocycles. The van der Waals surface area contributed by atoms with Crippen molar-refractivity contribution < 1.29 is 9.59 Å². The Morgan fingerprint density at radius 3 is 2.25 bits per heavy atom. The van der Waals surface area contributed by atoms with E-state index < -0.39 is 0 Å². The zero-order valence-electron chi connectivity index (χ0n) is 13.6. The van der Waals surface area contributed by atoms with Gasteiger partial charge in [-0.1, -0.05) is 23.7 Å². The standard InChI is InChI=1S/C18H20ClN3O2/c1-12(13-3-7-15(19)8-4-13)21-11-17(23)22-16-9-5-14(6-10-16)18(24)20-2/h3-10,12,21H,11H2,1-2H3,(H,20,24)(H,22,23)/t12-/m0/s1. The molecule has 0 aromatic heterocycles. The zero-order valence-corrected chi connectivity index (χ0v) is 14.4. The fourth-order valence-corrected chi connectivity index (χ4v) is 2.30. The van der Waals surface area contributed by atoms with Gasteiger partial charge in [0.1, 0.15) is 0 Å². The predicted molar refractivity (Wildman–Crippen MR) is 96.3 cm³/mol. The minimum atomic E-state index is -0.161. The molecule has 2 aromatic carbocycles. The van der Waals surface area contributed by atoms with Gasteiger partial charge in [-0.2, -0.15) is 0 Å². The summed E-state index contributed by atoms with van der Waals surface area (Å²) >= 11 is 5.86. The molecule has 0 spiro atoms. The van der Waals surface area contributed by atoms with E-state index in [1.54, 1.807) is 31.3 Å². The summed E-state index contributed by atoms with van der Waals surface area (Å²) in [6.07, 6.45) is 0. The monoisotopic (exact) mass is 345 g/mol. The number of hydrogen-bond acceptors (Lipinski definition) is 3. The summed E-state index contributed by atoms with van der Waals surface area (Å²) in [7, 11) is 1.57. The fraction of sp³-hybridized carbons (Fsp3) is 0.222. The molecule has 0 heterocycles. The Morgan fingerprint density at radius 1 is 1.04 bits per heavy atom. The molecule has 3 N–H and O–H groups in total. The van der Waals surface area contributed by atoms with E-state index in [-0.39, 0.29) is 24.4 Å². The molecule has 2 rings (SSSR count). The summed E-state index contributed by atoms with van der Waals surface area (Å²) in [5.74, 6) is -0.310. The number of rotatable bonds is 6. The van der Waals surface area contributed by atoms with E-state index in [2.05, 4.69) is 16.0 Å². The van der Waals surface area contributed by atoms with Crippen LogP contribution in [-0.2, 0) is 4.79 Å². The molecule has 0 aliphatic rings. The number of benzene rings is 2. The van der Waals surface area contributed by atoms with Crippen molar-refractivity contribution in [2.24, 2.45) is 0 Å². The van der Waals surface area contributed by atoms with Crippen LogP contribution in [0.2, 0.25) is 5.02 Å². The lowest BCUT2D eigenvalue weighted by molar-refractivity contribution is -0.115. The molecular formula is C18H20ClN3O2. The van der Waals surface area contributed by atoms with Crippen LogP contribution in [0.25, 0.3) is 0 Å². The lowest BCUT2D eigenvalue weighted by atomic mass is 10.1. The molecule has 24 heavy (non-hydrogen) atoms. The Balaban J connectivity index is 1.84. The van der Waals surface area contributed by atoms with Crippen LogP contribution in [0.5, 0.6) is 0 Å². The van der Waals surface area contributed by atoms with Crippen LogP contribution >= 0.6 is 11.6 Å². The molecule has 2 amide bonds. The number of carbonyl (C=O) groups is 2. The van der Waals surface area contributed by atoms with Crippen molar-refractivity contribution in [2.75, 3.05) is 18.9 Å². The van der Waals surface area contributed by atoms with Crippen LogP contribution in [0.1, 0.15) is 28.9 Å². The molecule has 0 saturated heterocycles. The van der Waals surface area contributed by atoms with Crippen LogP contribution in [0, 0.1) is 0 Å². The van der Waals surface area contributed by atoms with Gasteiger partial charge in [0.2, 0.25) is 5.91 Å². The minimum absolute atomic E-state index is 0.0312. The van der Waals surface area contributed by atoms with Crippen molar-refractivity contribution >= 4 is 29.1 Å². The van der Waals surface area contributed by atoms with Gasteiger partial charge in [0.25, 0.3) is 5.91 Å². The second kappa shape index (κ2) is 8.47. The third-order valence-corrected chi connectivity index (χ3v) is 3.85. The SMILES string of the molecule is CNC(=O)c1ccc(NC(=O)CN[C@@H](C)c2ccc(Cl)cc2)cc1. The highest BCUT2D eigenvalue weighted by molar-refractivity contribution is 6.30. The van der Waals surface area contributed by atoms with E-state index in [1.165, 1.54) is 0 Å². The smallest absolute Gasteiger partial charge is 0.251 e. The summed E-state index contributed by atoms with van der Waals surface area (Å²) < 4.78 is 0. The second-order valence-corrected chi connectivity index (χ2v) is 5.80. The van der Waals surface area contributed by atoms with E-state index in [9.17, 15) is 9.59 Å². The van der Waals surface area contributed by atoms with E-state index in [1.807, 2.05) is 31.2 Å². The number of halogens is 1. The summed E-state index contributed by atoms with van der Waals surface area (Å²) in [5, 5.41) is 9.18. The van der Waals surface area contributed by atoms with Gasteiger partial charge < -0.3 is 16.0 Å². The van der Waals surface area contributed by atoms with Gasteiger partial charge in [-0.25, -0.2) is 0 Å². The van der Waals surface area contributed by atoms with Gasteiger partial charge >= 0.3 is 0 Å². The van der Waals surface area contributed by atoms with Gasteiger partial charge in [0.05, 0.1) is 6.54 Å². The van der Waals surface area contributed by atoms with E-state index in [0.29, 0.717) is 16.3 Å². The average molecular weight is 346 g/mol. The third kappa shape index (κ3) is 5.08. The summed E-state index contributed by atoms with van der Waals surface area (Å²) in [4.78, 5) is 23.5. The predicted octanol–water partition coefficient (Wildman–Crippen LogP) is 2.99. The lowest BCUT2D eigenvalue weighted by Gasteiger charge is -2.14. The van der Waals surface area contributed by atoms with Crippen LogP contribution in [0.3, 0.4) is 0 Å². The van der Waals surface area contributed by atoms with Crippen LogP contribution in [-0.4, -0.2) is 25.4 Å². The van der Waals surface area contributed by atoms with Crippen molar-refractivity contribution in [3.05, 3.63) is 64.7 Å². The maximum atomic E-state index is 12.0. The Labute approximate surface area is 146 Å². The molecule has 126 valence electrons. The number of amides is 2. The van der Waals surface area contributed by atoms with Crippen molar-refractivity contribution in [1.82, 2.24) is 10.6 Å². The third-order valence-electron chi connectivity index (χ3n) is 3.60. The molecule has 0 aliphatic carbocycles. The van der Waals surface area contributed by atoms with Gasteiger partial charge in [-0.05, 0) is 48.9 Å². The second-order valence-electron chi connectivity index (χ2n) is 5.36. The van der Waals surface area contributed by atoms with Crippen molar-refractivity contribution in [2.45, 2.75) is 13.0 Å². The highest BCUT2D eigenvalue weighted by Crippen LogP contribution is 2.16. The van der Waals surface area contributed by atoms with Crippen LogP contribution in [0.15, 0.2) is 48.5 Å².